The molecule has 2 heterocycles. The number of unbranched alkanes of at least 4 members (excludes halogenated alkanes) is 3. The van der Waals surface area contributed by atoms with E-state index in [4.69, 9.17) is 0 Å². The van der Waals surface area contributed by atoms with Gasteiger partial charge in [-0.3, -0.25) is 0 Å². The molecule has 0 amide bonds. The summed E-state index contributed by atoms with van der Waals surface area (Å²) in [5.41, 5.74) is 10.4. The molecule has 2 aromatic rings. The molecular formula is C18H30N4+4. The largest absolute Gasteiger partial charge is 0.354 e. The van der Waals surface area contributed by atoms with E-state index in [1.54, 1.807) is 0 Å². The van der Waals surface area contributed by atoms with Crippen molar-refractivity contribution >= 4 is 0 Å². The highest BCUT2D eigenvalue weighted by Gasteiger charge is 2.03. The molecular weight excluding hydrogens is 272 g/mol. The third-order valence-corrected chi connectivity index (χ3v) is 4.08. The van der Waals surface area contributed by atoms with Gasteiger partial charge in [0.1, 0.15) is 26.2 Å². The normalized spacial score (nSPS) is 10.8. The monoisotopic (exact) mass is 302 g/mol. The molecule has 0 aliphatic carbocycles. The van der Waals surface area contributed by atoms with Gasteiger partial charge in [-0.1, -0.05) is 0 Å². The maximum atomic E-state index is 3.90. The molecule has 0 bridgehead atoms. The van der Waals surface area contributed by atoms with Crippen LogP contribution in [-0.4, -0.2) is 0 Å². The molecule has 6 N–H and O–H groups in total. The van der Waals surface area contributed by atoms with Gasteiger partial charge in [0.05, 0.1) is 0 Å². The van der Waals surface area contributed by atoms with E-state index in [1.165, 1.54) is 36.8 Å². The van der Waals surface area contributed by atoms with E-state index in [-0.39, 0.29) is 0 Å². The summed E-state index contributed by atoms with van der Waals surface area (Å²) in [6, 6.07) is 8.66. The lowest BCUT2D eigenvalue weighted by atomic mass is 10.2. The van der Waals surface area contributed by atoms with E-state index in [2.05, 4.69) is 69.7 Å². The molecule has 0 spiro atoms. The zero-order chi connectivity index (χ0) is 15.6. The van der Waals surface area contributed by atoms with Crippen LogP contribution in [0.4, 0.5) is 0 Å². The highest BCUT2D eigenvalue weighted by atomic mass is 14.9. The summed E-state index contributed by atoms with van der Waals surface area (Å²) in [4.78, 5) is 0. The second-order valence-corrected chi connectivity index (χ2v) is 5.80. The number of aromatic nitrogens is 2. The van der Waals surface area contributed by atoms with Crippen molar-refractivity contribution in [2.45, 2.75) is 51.9 Å². The van der Waals surface area contributed by atoms with Crippen LogP contribution in [0, 0.1) is 0 Å². The minimum atomic E-state index is 0.869. The first kappa shape index (κ1) is 16.6. The van der Waals surface area contributed by atoms with E-state index in [9.17, 15) is 0 Å². The van der Waals surface area contributed by atoms with Crippen molar-refractivity contribution in [1.82, 2.24) is 0 Å². The summed E-state index contributed by atoms with van der Waals surface area (Å²) < 4.78 is 4.54. The van der Waals surface area contributed by atoms with Crippen LogP contribution in [0.25, 0.3) is 0 Å². The van der Waals surface area contributed by atoms with Crippen molar-refractivity contribution < 1.29 is 20.6 Å². The van der Waals surface area contributed by atoms with Crippen molar-refractivity contribution in [1.29, 1.82) is 0 Å². The number of quaternary nitrogens is 2. The molecule has 4 heteroatoms. The lowest BCUT2D eigenvalue weighted by Crippen LogP contribution is -2.47. The fourth-order valence-corrected chi connectivity index (χ4v) is 2.55. The van der Waals surface area contributed by atoms with Crippen LogP contribution in [-0.2, 0) is 26.2 Å². The summed E-state index contributed by atoms with van der Waals surface area (Å²) >= 11 is 0. The number of hydrogen-bond acceptors (Lipinski definition) is 0. The van der Waals surface area contributed by atoms with Gasteiger partial charge in [-0.25, -0.2) is 9.13 Å². The molecule has 118 valence electrons. The second-order valence-electron chi connectivity index (χ2n) is 5.80. The molecule has 2 aromatic heterocycles. The highest BCUT2D eigenvalue weighted by molar-refractivity contribution is 5.05. The Morgan fingerprint density at radius 1 is 0.591 bits per heavy atom. The maximum absolute atomic E-state index is 3.90. The van der Waals surface area contributed by atoms with E-state index in [1.807, 2.05) is 0 Å². The Bertz CT molecular complexity index is 483. The summed E-state index contributed by atoms with van der Waals surface area (Å²) in [7, 11) is 0. The van der Waals surface area contributed by atoms with Gasteiger partial charge in [-0.15, -0.1) is 0 Å². The quantitative estimate of drug-likeness (QED) is 0.484. The van der Waals surface area contributed by atoms with Gasteiger partial charge in [0.2, 0.25) is 0 Å². The molecule has 0 unspecified atom stereocenters. The summed E-state index contributed by atoms with van der Waals surface area (Å²) in [6.45, 7) is 3.97. The van der Waals surface area contributed by atoms with Crippen molar-refractivity contribution in [3.05, 3.63) is 60.2 Å². The van der Waals surface area contributed by atoms with Crippen LogP contribution in [0.1, 0.15) is 36.8 Å². The predicted molar refractivity (Wildman–Crippen MR) is 84.9 cm³/mol. The minimum Gasteiger partial charge on any atom is -0.354 e. The first-order chi connectivity index (χ1) is 10.8. The van der Waals surface area contributed by atoms with Gasteiger partial charge >= 0.3 is 0 Å². The molecule has 0 aliphatic heterocycles. The van der Waals surface area contributed by atoms with Crippen molar-refractivity contribution in [2.24, 2.45) is 0 Å². The third-order valence-electron chi connectivity index (χ3n) is 4.08. The minimum absolute atomic E-state index is 0.869. The zero-order valence-corrected chi connectivity index (χ0v) is 13.6. The molecule has 0 saturated heterocycles. The van der Waals surface area contributed by atoms with Gasteiger partial charge in [-0.05, 0) is 12.8 Å². The summed E-state index contributed by atoms with van der Waals surface area (Å²) in [6.07, 6.45) is 13.8. The van der Waals surface area contributed by atoms with E-state index < -0.39 is 0 Å². The first-order valence-electron chi connectivity index (χ1n) is 8.36. The standard InChI is InChI=1S/C18H28N4/c19-15-17-5-11-21(12-6-17)9-3-1-2-4-10-22-13-7-18(16-20)8-14-22/h5-8,11-14H,1-4,9-10,15-16,19-20H2/q+2/p+2. The summed E-state index contributed by atoms with van der Waals surface area (Å²) in [5.74, 6) is 0. The third kappa shape index (κ3) is 5.54. The average molecular weight is 302 g/mol. The van der Waals surface area contributed by atoms with Crippen LogP contribution in [0.15, 0.2) is 49.1 Å². The fraction of sp³-hybridized carbons (Fsp3) is 0.444. The van der Waals surface area contributed by atoms with Crippen molar-refractivity contribution in [3.63, 3.8) is 0 Å². The molecule has 0 aliphatic rings. The van der Waals surface area contributed by atoms with Gasteiger partial charge in [0, 0.05) is 48.2 Å². The second kappa shape index (κ2) is 9.28. The molecule has 2 rings (SSSR count). The van der Waals surface area contributed by atoms with Gasteiger partial charge < -0.3 is 11.5 Å². The SMILES string of the molecule is [NH3+]Cc1cc[n+](CCCCCC[n+]2ccc(C[NH3+])cc2)cc1. The van der Waals surface area contributed by atoms with E-state index in [0.717, 1.165) is 26.2 Å². The topological polar surface area (TPSA) is 63.0 Å². The highest BCUT2D eigenvalue weighted by Crippen LogP contribution is 2.01. The van der Waals surface area contributed by atoms with E-state index >= 15 is 0 Å². The molecule has 22 heavy (non-hydrogen) atoms. The zero-order valence-electron chi connectivity index (χ0n) is 13.6. The number of pyridine rings is 2. The maximum Gasteiger partial charge on any atom is 0.169 e. The molecule has 0 saturated carbocycles. The predicted octanol–water partition coefficient (Wildman–Crippen LogP) is 0.00600. The lowest BCUT2D eigenvalue weighted by molar-refractivity contribution is -0.699. The van der Waals surface area contributed by atoms with Crippen LogP contribution >= 0.6 is 0 Å². The van der Waals surface area contributed by atoms with Crippen molar-refractivity contribution in [3.8, 4) is 0 Å². The van der Waals surface area contributed by atoms with Gasteiger partial charge in [0.15, 0.2) is 24.8 Å². The first-order valence-corrected chi connectivity index (χ1v) is 8.36. The molecule has 0 radical (unpaired) electrons. The van der Waals surface area contributed by atoms with E-state index in [0.29, 0.717) is 0 Å². The molecule has 0 aromatic carbocycles. The van der Waals surface area contributed by atoms with Crippen LogP contribution in [0.2, 0.25) is 0 Å². The Kier molecular flexibility index (Phi) is 7.00. The van der Waals surface area contributed by atoms with Crippen LogP contribution in [0.5, 0.6) is 0 Å². The number of hydrogen-bond donors (Lipinski definition) is 2. The van der Waals surface area contributed by atoms with Gasteiger partial charge in [0.25, 0.3) is 0 Å². The Morgan fingerprint density at radius 3 is 1.27 bits per heavy atom. The van der Waals surface area contributed by atoms with Crippen molar-refractivity contribution in [2.75, 3.05) is 0 Å². The Balaban J connectivity index is 1.58. The lowest BCUT2D eigenvalue weighted by Gasteiger charge is -2.00. The Morgan fingerprint density at radius 2 is 0.955 bits per heavy atom. The smallest absolute Gasteiger partial charge is 0.169 e. The molecule has 0 fully saturated rings. The summed E-state index contributed by atoms with van der Waals surface area (Å²) in [5, 5.41) is 0. The number of nitrogens with zero attached hydrogens (tertiary/aromatic N) is 2. The average Bonchev–Trinajstić information content (AvgIpc) is 2.59. The van der Waals surface area contributed by atoms with Gasteiger partial charge in [-0.2, -0.15) is 0 Å². The fourth-order valence-electron chi connectivity index (χ4n) is 2.55. The van der Waals surface area contributed by atoms with Crippen LogP contribution in [0.3, 0.4) is 0 Å². The number of rotatable bonds is 9. The van der Waals surface area contributed by atoms with Crippen LogP contribution < -0.4 is 20.6 Å². The Hall–Kier alpha value is -1.78. The molecule has 0 atom stereocenters. The molecule has 4 nitrogen and oxygen atoms in total. The Labute approximate surface area is 133 Å². The number of aryl methyl sites for hydroxylation is 2.